The first-order valence-corrected chi connectivity index (χ1v) is 13.7. The van der Waals surface area contributed by atoms with Crippen molar-refractivity contribution in [2.24, 2.45) is 5.84 Å². The molecule has 1 rings (SSSR count). The van der Waals surface area contributed by atoms with Gasteiger partial charge in [-0.05, 0) is 31.0 Å². The van der Waals surface area contributed by atoms with Crippen molar-refractivity contribution in [3.63, 3.8) is 0 Å². The molecular formula is C24H44N2O8S. The van der Waals surface area contributed by atoms with E-state index in [1.807, 2.05) is 0 Å². The Kier molecular flexibility index (Phi) is 17.4. The smallest absolute Gasteiger partial charge is 0.397 e. The number of hydrazine groups is 1. The van der Waals surface area contributed by atoms with Crippen molar-refractivity contribution in [1.29, 1.82) is 0 Å². The molecule has 0 aliphatic carbocycles. The zero-order valence-electron chi connectivity index (χ0n) is 21.0. The summed E-state index contributed by atoms with van der Waals surface area (Å²) >= 11 is 0. The number of rotatable bonds is 18. The van der Waals surface area contributed by atoms with Gasteiger partial charge in [0.1, 0.15) is 5.54 Å². The molecule has 11 heteroatoms. The second kappa shape index (κ2) is 18.4. The van der Waals surface area contributed by atoms with Crippen LogP contribution in [0, 0.1) is 0 Å². The third kappa shape index (κ3) is 17.2. The van der Waals surface area contributed by atoms with Crippen molar-refractivity contribution in [3.8, 4) is 11.5 Å². The number of nitrogens with one attached hydrogen (secondary N) is 1. The molecule has 7 N–H and O–H groups in total. The van der Waals surface area contributed by atoms with Crippen LogP contribution < -0.4 is 11.3 Å². The molecule has 0 radical (unpaired) electrons. The molecule has 0 fully saturated rings. The maximum atomic E-state index is 11.0. The number of phenolic OH excluding ortho intramolecular Hbond substituents is 2. The maximum absolute atomic E-state index is 11.0. The summed E-state index contributed by atoms with van der Waals surface area (Å²) in [7, 11) is -4.24. The number of hydrogen-bond donors (Lipinski definition) is 6. The van der Waals surface area contributed by atoms with Gasteiger partial charge in [-0.15, -0.1) is 0 Å². The molecule has 0 aliphatic heterocycles. The minimum absolute atomic E-state index is 0.0900. The lowest BCUT2D eigenvalue weighted by atomic mass is 9.93. The minimum Gasteiger partial charge on any atom is -0.504 e. The molecule has 0 amide bonds. The highest BCUT2D eigenvalue weighted by atomic mass is 32.3. The number of phenols is 2. The molecular weight excluding hydrogens is 476 g/mol. The van der Waals surface area contributed by atoms with Crippen molar-refractivity contribution >= 4 is 16.4 Å². The number of benzene rings is 1. The third-order valence-electron chi connectivity index (χ3n) is 5.62. The van der Waals surface area contributed by atoms with E-state index in [1.54, 1.807) is 0 Å². The van der Waals surface area contributed by atoms with E-state index in [0.717, 1.165) is 12.8 Å². The topological polar surface area (TPSA) is 179 Å². The van der Waals surface area contributed by atoms with Crippen LogP contribution in [-0.2, 0) is 25.8 Å². The Morgan fingerprint density at radius 3 is 1.83 bits per heavy atom. The van der Waals surface area contributed by atoms with Crippen molar-refractivity contribution < 1.29 is 37.3 Å². The fourth-order valence-corrected chi connectivity index (χ4v) is 3.71. The summed E-state index contributed by atoms with van der Waals surface area (Å²) in [6.45, 7) is 3.76. The van der Waals surface area contributed by atoms with Crippen molar-refractivity contribution in [2.45, 2.75) is 103 Å². The van der Waals surface area contributed by atoms with Gasteiger partial charge in [-0.2, -0.15) is 8.42 Å². The predicted octanol–water partition coefficient (Wildman–Crippen LogP) is 4.45. The Hall–Kier alpha value is -1.92. The number of hydrogen-bond acceptors (Lipinski definition) is 8. The van der Waals surface area contributed by atoms with Gasteiger partial charge in [0.05, 0.1) is 6.61 Å². The number of carboxylic acid groups (broad SMARTS) is 1. The fraction of sp³-hybridized carbons (Fsp3) is 0.708. The molecule has 0 spiro atoms. The largest absolute Gasteiger partial charge is 0.504 e. The van der Waals surface area contributed by atoms with Crippen LogP contribution in [0.2, 0.25) is 0 Å². The molecule has 35 heavy (non-hydrogen) atoms. The van der Waals surface area contributed by atoms with Crippen molar-refractivity contribution in [2.75, 3.05) is 6.61 Å². The number of aliphatic carboxylic acids is 1. The van der Waals surface area contributed by atoms with Gasteiger partial charge >= 0.3 is 16.4 Å². The summed E-state index contributed by atoms with van der Waals surface area (Å²) in [6, 6.07) is 4.12. The highest BCUT2D eigenvalue weighted by Gasteiger charge is 2.32. The number of carboxylic acids is 1. The second-order valence-electron chi connectivity index (χ2n) is 8.92. The number of nitrogens with two attached hydrogens (primary N) is 1. The zero-order valence-corrected chi connectivity index (χ0v) is 21.9. The van der Waals surface area contributed by atoms with Gasteiger partial charge in [0, 0.05) is 6.42 Å². The third-order valence-corrected chi connectivity index (χ3v) is 6.08. The van der Waals surface area contributed by atoms with Gasteiger partial charge in [0.25, 0.3) is 0 Å². The SMILES string of the molecule is CCCCCCCCCCCCCCOS(=O)(=O)O.C[C@@](Cc1ccc(O)c(O)c1)(NN)C(=O)O. The highest BCUT2D eigenvalue weighted by Crippen LogP contribution is 2.26. The van der Waals surface area contributed by atoms with E-state index < -0.39 is 21.9 Å². The lowest BCUT2D eigenvalue weighted by Gasteiger charge is -2.23. The maximum Gasteiger partial charge on any atom is 0.397 e. The number of aromatic hydroxyl groups is 2. The molecule has 1 aromatic carbocycles. The van der Waals surface area contributed by atoms with Gasteiger partial charge in [-0.25, -0.2) is 9.61 Å². The van der Waals surface area contributed by atoms with Crippen LogP contribution >= 0.6 is 0 Å². The average molecular weight is 521 g/mol. The monoisotopic (exact) mass is 520 g/mol. The molecule has 1 aromatic rings. The van der Waals surface area contributed by atoms with Crippen LogP contribution in [-0.4, -0.2) is 46.4 Å². The van der Waals surface area contributed by atoms with E-state index in [9.17, 15) is 18.3 Å². The fourth-order valence-electron chi connectivity index (χ4n) is 3.38. The molecule has 1 atom stereocenters. The lowest BCUT2D eigenvalue weighted by Crippen LogP contribution is -2.54. The van der Waals surface area contributed by atoms with Crippen LogP contribution in [0.25, 0.3) is 0 Å². The van der Waals surface area contributed by atoms with E-state index in [2.05, 4.69) is 16.5 Å². The first-order chi connectivity index (χ1) is 16.4. The van der Waals surface area contributed by atoms with Gasteiger partial charge < -0.3 is 15.3 Å². The van der Waals surface area contributed by atoms with Crippen LogP contribution in [0.15, 0.2) is 18.2 Å². The normalized spacial score (nSPS) is 13.0. The average Bonchev–Trinajstić information content (AvgIpc) is 2.79. The zero-order chi connectivity index (χ0) is 26.7. The highest BCUT2D eigenvalue weighted by molar-refractivity contribution is 7.80. The van der Waals surface area contributed by atoms with E-state index in [-0.39, 0.29) is 24.5 Å². The Morgan fingerprint density at radius 1 is 0.943 bits per heavy atom. The van der Waals surface area contributed by atoms with Crippen LogP contribution in [0.1, 0.15) is 96.5 Å². The Balaban J connectivity index is 0.000000669. The van der Waals surface area contributed by atoms with Gasteiger partial charge in [-0.3, -0.25) is 15.2 Å². The Bertz CT molecular complexity index is 820. The second-order valence-corrected chi connectivity index (χ2v) is 10.0. The minimum atomic E-state index is -4.24. The molecule has 10 nitrogen and oxygen atoms in total. The number of unbranched alkanes of at least 4 members (excludes halogenated alkanes) is 11. The van der Waals surface area contributed by atoms with E-state index >= 15 is 0 Å². The first kappa shape index (κ1) is 33.1. The quantitative estimate of drug-likeness (QED) is 0.0532. The Labute approximate surface area is 209 Å². The summed E-state index contributed by atoms with van der Waals surface area (Å²) in [5.41, 5.74) is 1.45. The van der Waals surface area contributed by atoms with E-state index in [4.69, 9.17) is 20.6 Å². The lowest BCUT2D eigenvalue weighted by molar-refractivity contribution is -0.144. The molecule has 0 aromatic heterocycles. The predicted molar refractivity (Wildman–Crippen MR) is 135 cm³/mol. The molecule has 0 saturated heterocycles. The molecule has 0 bridgehead atoms. The standard InChI is InChI=1S/C14H30O4S.C10H14N2O4/c1-2-3-4-5-6-7-8-9-10-11-12-13-14-18-19(15,16)17;1-10(12-11,9(15)16)5-6-2-3-7(13)8(14)4-6/h2-14H2,1H3,(H,15,16,17);2-4,12-14H,5,11H2,1H3,(H,15,16)/t;10-/m.0/s1. The Morgan fingerprint density at radius 2 is 1.43 bits per heavy atom. The summed E-state index contributed by atoms with van der Waals surface area (Å²) in [4.78, 5) is 11.0. The van der Waals surface area contributed by atoms with E-state index in [0.29, 0.717) is 12.0 Å². The molecule has 0 heterocycles. The van der Waals surface area contributed by atoms with E-state index in [1.165, 1.54) is 82.9 Å². The first-order valence-electron chi connectivity index (χ1n) is 12.3. The molecule has 204 valence electrons. The summed E-state index contributed by atoms with van der Waals surface area (Å²) in [6.07, 6.45) is 14.8. The summed E-state index contributed by atoms with van der Waals surface area (Å²) in [5.74, 6) is 3.55. The molecule has 0 unspecified atom stereocenters. The van der Waals surface area contributed by atoms with Crippen molar-refractivity contribution in [1.82, 2.24) is 5.43 Å². The van der Waals surface area contributed by atoms with Crippen LogP contribution in [0.4, 0.5) is 0 Å². The van der Waals surface area contributed by atoms with Crippen molar-refractivity contribution in [3.05, 3.63) is 23.8 Å². The van der Waals surface area contributed by atoms with Crippen LogP contribution in [0.3, 0.4) is 0 Å². The van der Waals surface area contributed by atoms with Crippen LogP contribution in [0.5, 0.6) is 11.5 Å². The summed E-state index contributed by atoms with van der Waals surface area (Å²) < 4.78 is 33.1. The van der Waals surface area contributed by atoms with Gasteiger partial charge in [0.15, 0.2) is 11.5 Å². The van der Waals surface area contributed by atoms with Gasteiger partial charge in [-0.1, -0.05) is 83.6 Å². The van der Waals surface area contributed by atoms with Gasteiger partial charge in [0.2, 0.25) is 0 Å². The number of carbonyl (C=O) groups is 1. The molecule has 0 aliphatic rings. The molecule has 0 saturated carbocycles. The summed E-state index contributed by atoms with van der Waals surface area (Å²) in [5, 5.41) is 27.3.